The molecule has 3 rings (SSSR count). The predicted octanol–water partition coefficient (Wildman–Crippen LogP) is 4.38. The number of Topliss-reactive ketones (excluding diaryl/α,β-unsaturated/α-hetero) is 2. The van der Waals surface area contributed by atoms with Crippen LogP contribution in [0.4, 0.5) is 0 Å². The second-order valence-electron chi connectivity index (χ2n) is 6.79. The van der Waals surface area contributed by atoms with Crippen molar-refractivity contribution in [1.82, 2.24) is 10.3 Å². The topological polar surface area (TPSA) is 75.1 Å². The predicted molar refractivity (Wildman–Crippen MR) is 104 cm³/mol. The van der Waals surface area contributed by atoms with Crippen LogP contribution in [-0.2, 0) is 0 Å². The van der Waals surface area contributed by atoms with Gasteiger partial charge in [0.1, 0.15) is 5.76 Å². The quantitative estimate of drug-likeness (QED) is 0.610. The fourth-order valence-corrected chi connectivity index (χ4v) is 3.51. The van der Waals surface area contributed by atoms with Crippen LogP contribution in [-0.4, -0.2) is 22.6 Å². The third-order valence-electron chi connectivity index (χ3n) is 4.81. The normalized spacial score (nSPS) is 13.3. The van der Waals surface area contributed by atoms with Crippen molar-refractivity contribution in [1.29, 1.82) is 0 Å². The first-order valence-corrected chi connectivity index (χ1v) is 8.98. The van der Waals surface area contributed by atoms with E-state index in [0.29, 0.717) is 16.8 Å². The van der Waals surface area contributed by atoms with Gasteiger partial charge in [-0.3, -0.25) is 14.9 Å². The minimum absolute atomic E-state index is 0.0429. The Balaban J connectivity index is 1.88. The van der Waals surface area contributed by atoms with Crippen molar-refractivity contribution < 1.29 is 14.0 Å². The summed E-state index contributed by atoms with van der Waals surface area (Å²) in [7, 11) is 0. The zero-order chi connectivity index (χ0) is 19.6. The van der Waals surface area contributed by atoms with E-state index in [1.807, 2.05) is 56.3 Å². The number of aromatic nitrogens is 1. The molecule has 0 saturated carbocycles. The molecule has 0 aliphatic heterocycles. The molecule has 3 aromatic rings. The standard InChI is InChI=1S/C22H24N2O3/c1-13-19(16(4)25)14(2)23-20(13)22(26)15(3)24-21(18-11-8-12-27-18)17-9-6-5-7-10-17/h5-12,15,21,23-24H,1-4H3/t15-,21+/m0/s1. The van der Waals surface area contributed by atoms with Crippen LogP contribution < -0.4 is 5.32 Å². The average Bonchev–Trinajstić information content (AvgIpc) is 3.27. The number of carbonyl (C=O) groups excluding carboxylic acids is 2. The van der Waals surface area contributed by atoms with Crippen molar-refractivity contribution >= 4 is 11.6 Å². The number of ketones is 2. The van der Waals surface area contributed by atoms with Crippen LogP contribution in [0.5, 0.6) is 0 Å². The number of benzene rings is 1. The summed E-state index contributed by atoms with van der Waals surface area (Å²) < 4.78 is 5.59. The Bertz CT molecular complexity index is 940. The molecule has 0 aliphatic rings. The molecule has 0 radical (unpaired) electrons. The number of hydrogen-bond donors (Lipinski definition) is 2. The molecule has 5 heteroatoms. The van der Waals surface area contributed by atoms with E-state index in [2.05, 4.69) is 10.3 Å². The van der Waals surface area contributed by atoms with Gasteiger partial charge in [-0.05, 0) is 51.0 Å². The van der Waals surface area contributed by atoms with Gasteiger partial charge in [-0.15, -0.1) is 0 Å². The lowest BCUT2D eigenvalue weighted by Gasteiger charge is -2.21. The summed E-state index contributed by atoms with van der Waals surface area (Å²) in [6.45, 7) is 6.96. The summed E-state index contributed by atoms with van der Waals surface area (Å²) in [6, 6.07) is 12.8. The number of aryl methyl sites for hydroxylation is 1. The maximum atomic E-state index is 13.1. The maximum absolute atomic E-state index is 13.1. The second-order valence-corrected chi connectivity index (χ2v) is 6.79. The molecule has 0 spiro atoms. The zero-order valence-electron chi connectivity index (χ0n) is 16.0. The van der Waals surface area contributed by atoms with Crippen LogP contribution >= 0.6 is 0 Å². The van der Waals surface area contributed by atoms with E-state index in [4.69, 9.17) is 4.42 Å². The summed E-state index contributed by atoms with van der Waals surface area (Å²) in [5.74, 6) is 0.610. The number of rotatable bonds is 7. The molecule has 0 fully saturated rings. The monoisotopic (exact) mass is 364 g/mol. The highest BCUT2D eigenvalue weighted by molar-refractivity contribution is 6.05. The van der Waals surface area contributed by atoms with Crippen LogP contribution in [0.2, 0.25) is 0 Å². The van der Waals surface area contributed by atoms with Crippen molar-refractivity contribution in [2.45, 2.75) is 39.8 Å². The molecule has 27 heavy (non-hydrogen) atoms. The maximum Gasteiger partial charge on any atom is 0.195 e. The molecular formula is C22H24N2O3. The molecule has 0 amide bonds. The lowest BCUT2D eigenvalue weighted by Crippen LogP contribution is -2.37. The summed E-state index contributed by atoms with van der Waals surface area (Å²) in [5.41, 5.74) is 3.50. The third-order valence-corrected chi connectivity index (χ3v) is 4.81. The molecule has 5 nitrogen and oxygen atoms in total. The summed E-state index contributed by atoms with van der Waals surface area (Å²) in [6.07, 6.45) is 1.62. The van der Waals surface area contributed by atoms with E-state index in [1.165, 1.54) is 6.92 Å². The summed E-state index contributed by atoms with van der Waals surface area (Å²) >= 11 is 0. The summed E-state index contributed by atoms with van der Waals surface area (Å²) in [4.78, 5) is 28.0. The number of furan rings is 1. The van der Waals surface area contributed by atoms with Gasteiger partial charge in [-0.1, -0.05) is 30.3 Å². The van der Waals surface area contributed by atoms with Gasteiger partial charge in [0.05, 0.1) is 24.0 Å². The number of nitrogens with one attached hydrogen (secondary N) is 2. The molecule has 0 bridgehead atoms. The minimum atomic E-state index is -0.475. The summed E-state index contributed by atoms with van der Waals surface area (Å²) in [5, 5.41) is 3.37. The lowest BCUT2D eigenvalue weighted by molar-refractivity contribution is 0.0940. The van der Waals surface area contributed by atoms with Gasteiger partial charge in [0, 0.05) is 11.3 Å². The highest BCUT2D eigenvalue weighted by atomic mass is 16.3. The largest absolute Gasteiger partial charge is 0.467 e. The van der Waals surface area contributed by atoms with Gasteiger partial charge in [-0.25, -0.2) is 0 Å². The molecule has 2 aromatic heterocycles. The van der Waals surface area contributed by atoms with Crippen molar-refractivity contribution in [3.05, 3.63) is 82.6 Å². The highest BCUT2D eigenvalue weighted by Gasteiger charge is 2.27. The first kappa shape index (κ1) is 18.9. The van der Waals surface area contributed by atoms with Crippen LogP contribution in [0.3, 0.4) is 0 Å². The van der Waals surface area contributed by atoms with Gasteiger partial charge in [0.2, 0.25) is 0 Å². The van der Waals surface area contributed by atoms with Crippen LogP contribution in [0, 0.1) is 13.8 Å². The van der Waals surface area contributed by atoms with Crippen molar-refractivity contribution in [2.75, 3.05) is 0 Å². The van der Waals surface area contributed by atoms with E-state index in [0.717, 1.165) is 17.0 Å². The number of hydrogen-bond acceptors (Lipinski definition) is 4. The fraction of sp³-hybridized carbons (Fsp3) is 0.273. The van der Waals surface area contributed by atoms with Crippen molar-refractivity contribution in [2.24, 2.45) is 0 Å². The third kappa shape index (κ3) is 3.78. The SMILES string of the molecule is CC(=O)c1c(C)[nH]c(C(=O)[C@H](C)N[C@H](c2ccccc2)c2ccco2)c1C. The molecule has 0 unspecified atom stereocenters. The van der Waals surface area contributed by atoms with E-state index in [-0.39, 0.29) is 17.6 Å². The molecule has 0 aliphatic carbocycles. The van der Waals surface area contributed by atoms with Gasteiger partial charge in [0.15, 0.2) is 11.6 Å². The van der Waals surface area contributed by atoms with Crippen molar-refractivity contribution in [3.8, 4) is 0 Å². The van der Waals surface area contributed by atoms with E-state index < -0.39 is 6.04 Å². The molecule has 1 aromatic carbocycles. The van der Waals surface area contributed by atoms with Gasteiger partial charge >= 0.3 is 0 Å². The lowest BCUT2D eigenvalue weighted by atomic mass is 10.00. The zero-order valence-corrected chi connectivity index (χ0v) is 16.0. The Labute approximate surface area is 158 Å². The number of aromatic amines is 1. The fourth-order valence-electron chi connectivity index (χ4n) is 3.51. The second kappa shape index (κ2) is 7.76. The number of H-pyrrole nitrogens is 1. The first-order chi connectivity index (χ1) is 12.9. The molecule has 2 N–H and O–H groups in total. The van der Waals surface area contributed by atoms with E-state index in [1.54, 1.807) is 13.2 Å². The molecule has 2 heterocycles. The smallest absolute Gasteiger partial charge is 0.195 e. The Morgan fingerprint density at radius 1 is 1.07 bits per heavy atom. The minimum Gasteiger partial charge on any atom is -0.467 e. The average molecular weight is 364 g/mol. The van der Waals surface area contributed by atoms with Crippen LogP contribution in [0.1, 0.15) is 63.3 Å². The van der Waals surface area contributed by atoms with E-state index in [9.17, 15) is 9.59 Å². The van der Waals surface area contributed by atoms with Gasteiger partial charge < -0.3 is 9.40 Å². The van der Waals surface area contributed by atoms with Gasteiger partial charge in [0.25, 0.3) is 0 Å². The Kier molecular flexibility index (Phi) is 5.42. The van der Waals surface area contributed by atoms with Crippen LogP contribution in [0.25, 0.3) is 0 Å². The van der Waals surface area contributed by atoms with E-state index >= 15 is 0 Å². The Morgan fingerprint density at radius 2 is 1.78 bits per heavy atom. The molecule has 0 saturated heterocycles. The van der Waals surface area contributed by atoms with Crippen molar-refractivity contribution in [3.63, 3.8) is 0 Å². The Morgan fingerprint density at radius 3 is 2.33 bits per heavy atom. The number of carbonyl (C=O) groups is 2. The highest BCUT2D eigenvalue weighted by Crippen LogP contribution is 2.25. The first-order valence-electron chi connectivity index (χ1n) is 8.98. The van der Waals surface area contributed by atoms with Crippen LogP contribution in [0.15, 0.2) is 53.1 Å². The Hall–Kier alpha value is -2.92. The van der Waals surface area contributed by atoms with Gasteiger partial charge in [-0.2, -0.15) is 0 Å². The molecule has 2 atom stereocenters. The molecule has 140 valence electrons. The molecular weight excluding hydrogens is 340 g/mol.